The summed E-state index contributed by atoms with van der Waals surface area (Å²) in [5, 5.41) is 4.23. The molecule has 7 nitrogen and oxygen atoms in total. The number of fused-ring (bicyclic) bond motifs is 1. The van der Waals surface area contributed by atoms with Crippen LogP contribution in [0.15, 0.2) is 41.2 Å². The van der Waals surface area contributed by atoms with Gasteiger partial charge < -0.3 is 24.4 Å². The minimum absolute atomic E-state index is 0.0964. The Morgan fingerprint density at radius 1 is 1.04 bits per heavy atom. The maximum atomic E-state index is 13.0. The fourth-order valence-electron chi connectivity index (χ4n) is 2.95. The van der Waals surface area contributed by atoms with E-state index in [1.165, 1.54) is 21.3 Å². The van der Waals surface area contributed by atoms with E-state index >= 15 is 0 Å². The van der Waals surface area contributed by atoms with Crippen molar-refractivity contribution in [1.29, 1.82) is 0 Å². The Bertz CT molecular complexity index is 757. The largest absolute Gasteiger partial charge is 0.497 e. The van der Waals surface area contributed by atoms with Crippen LogP contribution >= 0.6 is 0 Å². The van der Waals surface area contributed by atoms with E-state index in [2.05, 4.69) is 10.5 Å². The van der Waals surface area contributed by atoms with E-state index in [9.17, 15) is 4.79 Å². The van der Waals surface area contributed by atoms with Crippen molar-refractivity contribution in [3.05, 3.63) is 41.7 Å². The molecule has 2 unspecified atom stereocenters. The molecular weight excluding hydrogens is 324 g/mol. The standard InChI is InChI=1S/C18H20N2O5/c1-22-11-5-6-12-13(9-11)19-20-16(12)17(21)10-7-14(23-2)18(25-4)15(8-10)24-3/h5-9,12-13,19H,1-4H3. The molecule has 1 aliphatic carbocycles. The molecule has 0 bridgehead atoms. The smallest absolute Gasteiger partial charge is 0.209 e. The van der Waals surface area contributed by atoms with E-state index in [-0.39, 0.29) is 17.7 Å². The molecule has 1 aromatic rings. The summed E-state index contributed by atoms with van der Waals surface area (Å²) in [5.41, 5.74) is 3.83. The zero-order valence-corrected chi connectivity index (χ0v) is 14.5. The number of hydrogen-bond acceptors (Lipinski definition) is 7. The fraction of sp³-hybridized carbons (Fsp3) is 0.333. The van der Waals surface area contributed by atoms with Crippen LogP contribution in [0.3, 0.4) is 0 Å². The molecule has 132 valence electrons. The summed E-state index contributed by atoms with van der Waals surface area (Å²) in [6, 6.07) is 3.16. The summed E-state index contributed by atoms with van der Waals surface area (Å²) in [4.78, 5) is 13.0. The summed E-state index contributed by atoms with van der Waals surface area (Å²) >= 11 is 0. The van der Waals surface area contributed by atoms with Crippen molar-refractivity contribution in [3.8, 4) is 17.2 Å². The van der Waals surface area contributed by atoms with Crippen LogP contribution in [0.25, 0.3) is 0 Å². The van der Waals surface area contributed by atoms with Crippen LogP contribution in [0.1, 0.15) is 10.4 Å². The minimum Gasteiger partial charge on any atom is -0.497 e. The number of benzene rings is 1. The maximum absolute atomic E-state index is 13.0. The van der Waals surface area contributed by atoms with Crippen molar-refractivity contribution in [2.24, 2.45) is 11.0 Å². The summed E-state index contributed by atoms with van der Waals surface area (Å²) in [6.45, 7) is 0. The van der Waals surface area contributed by atoms with Gasteiger partial charge in [0.2, 0.25) is 11.5 Å². The number of carbonyl (C=O) groups is 1. The Morgan fingerprint density at radius 3 is 2.28 bits per heavy atom. The molecule has 0 saturated heterocycles. The number of ether oxygens (including phenoxy) is 4. The Hall–Kier alpha value is -2.96. The number of nitrogens with one attached hydrogen (secondary N) is 1. The number of hydrazone groups is 1. The fourth-order valence-corrected chi connectivity index (χ4v) is 2.95. The quantitative estimate of drug-likeness (QED) is 0.795. The molecule has 0 radical (unpaired) electrons. The number of ketones is 1. The molecule has 3 rings (SSSR count). The van der Waals surface area contributed by atoms with Crippen molar-refractivity contribution >= 4 is 11.5 Å². The first kappa shape index (κ1) is 16.9. The normalized spacial score (nSPS) is 20.8. The van der Waals surface area contributed by atoms with E-state index in [0.29, 0.717) is 28.5 Å². The van der Waals surface area contributed by atoms with Gasteiger partial charge in [-0.05, 0) is 24.3 Å². The average Bonchev–Trinajstić information content (AvgIpc) is 3.08. The average molecular weight is 344 g/mol. The second-order valence-electron chi connectivity index (χ2n) is 5.55. The molecule has 2 aliphatic rings. The number of hydrogen-bond donors (Lipinski definition) is 1. The van der Waals surface area contributed by atoms with Crippen molar-refractivity contribution in [2.75, 3.05) is 28.4 Å². The van der Waals surface area contributed by atoms with Gasteiger partial charge in [-0.15, -0.1) is 0 Å². The van der Waals surface area contributed by atoms with E-state index in [4.69, 9.17) is 18.9 Å². The lowest BCUT2D eigenvalue weighted by Gasteiger charge is -2.19. The Balaban J connectivity index is 1.92. The Morgan fingerprint density at radius 2 is 1.72 bits per heavy atom. The van der Waals surface area contributed by atoms with Crippen molar-refractivity contribution in [2.45, 2.75) is 6.04 Å². The Labute approximate surface area is 145 Å². The highest BCUT2D eigenvalue weighted by molar-refractivity contribution is 6.47. The summed E-state index contributed by atoms with van der Waals surface area (Å²) in [6.07, 6.45) is 5.66. The van der Waals surface area contributed by atoms with E-state index in [1.54, 1.807) is 19.2 Å². The minimum atomic E-state index is -0.196. The molecule has 1 aliphatic heterocycles. The van der Waals surface area contributed by atoms with Crippen LogP contribution in [0, 0.1) is 5.92 Å². The monoisotopic (exact) mass is 344 g/mol. The van der Waals surface area contributed by atoms with Gasteiger partial charge in [-0.25, -0.2) is 0 Å². The van der Waals surface area contributed by atoms with Gasteiger partial charge in [-0.2, -0.15) is 5.10 Å². The lowest BCUT2D eigenvalue weighted by atomic mass is 9.88. The molecule has 7 heteroatoms. The topological polar surface area (TPSA) is 78.4 Å². The molecule has 1 aromatic carbocycles. The van der Waals surface area contributed by atoms with Crippen LogP contribution in [0.5, 0.6) is 17.2 Å². The van der Waals surface area contributed by atoms with Crippen LogP contribution in [-0.4, -0.2) is 46.0 Å². The van der Waals surface area contributed by atoms with Gasteiger partial charge in [-0.1, -0.05) is 6.08 Å². The van der Waals surface area contributed by atoms with Gasteiger partial charge in [0.05, 0.1) is 40.4 Å². The number of Topliss-reactive ketones (excluding diaryl/α,β-unsaturated/α-hetero) is 1. The van der Waals surface area contributed by atoms with Gasteiger partial charge in [0.1, 0.15) is 11.5 Å². The van der Waals surface area contributed by atoms with Crippen LogP contribution < -0.4 is 19.6 Å². The molecule has 0 amide bonds. The lowest BCUT2D eigenvalue weighted by molar-refractivity contribution is 0.106. The highest BCUT2D eigenvalue weighted by atomic mass is 16.5. The summed E-state index contributed by atoms with van der Waals surface area (Å²) in [7, 11) is 6.15. The first-order chi connectivity index (χ1) is 12.1. The van der Waals surface area contributed by atoms with Crippen molar-refractivity contribution in [3.63, 3.8) is 0 Å². The van der Waals surface area contributed by atoms with Gasteiger partial charge in [0.25, 0.3) is 0 Å². The molecule has 25 heavy (non-hydrogen) atoms. The number of allylic oxidation sites excluding steroid dienone is 1. The third kappa shape index (κ3) is 2.93. The SMILES string of the molecule is COC1=CC2NN=C(C(=O)c3cc(OC)c(OC)c(OC)c3)C2C=C1. The predicted molar refractivity (Wildman–Crippen MR) is 92.5 cm³/mol. The van der Waals surface area contributed by atoms with Gasteiger partial charge in [0.15, 0.2) is 11.5 Å². The lowest BCUT2D eigenvalue weighted by Crippen LogP contribution is -2.31. The maximum Gasteiger partial charge on any atom is 0.209 e. The number of rotatable bonds is 6. The predicted octanol–water partition coefficient (Wildman–Crippen LogP) is 1.94. The first-order valence-electron chi connectivity index (χ1n) is 7.74. The molecular formula is C18H20N2O5. The third-order valence-corrected chi connectivity index (χ3v) is 4.24. The van der Waals surface area contributed by atoms with Gasteiger partial charge in [-0.3, -0.25) is 4.79 Å². The van der Waals surface area contributed by atoms with Gasteiger partial charge >= 0.3 is 0 Å². The van der Waals surface area contributed by atoms with Crippen LogP contribution in [0.4, 0.5) is 0 Å². The zero-order chi connectivity index (χ0) is 18.0. The molecule has 0 spiro atoms. The number of carbonyl (C=O) groups excluding carboxylic acids is 1. The van der Waals surface area contributed by atoms with Crippen LogP contribution in [-0.2, 0) is 4.74 Å². The van der Waals surface area contributed by atoms with Crippen LogP contribution in [0.2, 0.25) is 0 Å². The van der Waals surface area contributed by atoms with E-state index in [0.717, 1.165) is 5.76 Å². The summed E-state index contributed by atoms with van der Waals surface area (Å²) < 4.78 is 21.1. The number of nitrogens with zero attached hydrogens (tertiary/aromatic N) is 1. The highest BCUT2D eigenvalue weighted by Crippen LogP contribution is 2.38. The van der Waals surface area contributed by atoms with E-state index < -0.39 is 0 Å². The molecule has 0 aromatic heterocycles. The molecule has 1 heterocycles. The molecule has 0 fully saturated rings. The van der Waals surface area contributed by atoms with Gasteiger partial charge in [0, 0.05) is 5.56 Å². The molecule has 2 atom stereocenters. The second kappa shape index (κ2) is 6.88. The first-order valence-corrected chi connectivity index (χ1v) is 7.74. The highest BCUT2D eigenvalue weighted by Gasteiger charge is 2.35. The molecule has 0 saturated carbocycles. The molecule has 1 N–H and O–H groups in total. The summed E-state index contributed by atoms with van der Waals surface area (Å²) in [5.74, 6) is 1.69. The van der Waals surface area contributed by atoms with Crippen molar-refractivity contribution < 1.29 is 23.7 Å². The van der Waals surface area contributed by atoms with Crippen molar-refractivity contribution in [1.82, 2.24) is 5.43 Å². The third-order valence-electron chi connectivity index (χ3n) is 4.24. The zero-order valence-electron chi connectivity index (χ0n) is 14.5. The van der Waals surface area contributed by atoms with E-state index in [1.807, 2.05) is 18.2 Å². The second-order valence-corrected chi connectivity index (χ2v) is 5.55. The number of methoxy groups -OCH3 is 4. The Kier molecular flexibility index (Phi) is 4.65.